The van der Waals surface area contributed by atoms with Gasteiger partial charge in [-0.3, -0.25) is 0 Å². The van der Waals surface area contributed by atoms with Crippen LogP contribution in [0.15, 0.2) is 0 Å². The van der Waals surface area contributed by atoms with E-state index in [0.29, 0.717) is 12.5 Å². The summed E-state index contributed by atoms with van der Waals surface area (Å²) in [6, 6.07) is 0.313. The minimum absolute atomic E-state index is 0.0318. The van der Waals surface area contributed by atoms with E-state index in [1.54, 1.807) is 4.90 Å². The number of carbonyl (C=O) groups excluding carboxylic acids is 1. The Morgan fingerprint density at radius 1 is 1.29 bits per heavy atom. The van der Waals surface area contributed by atoms with Crippen LogP contribution >= 0.6 is 0 Å². The van der Waals surface area contributed by atoms with Gasteiger partial charge < -0.3 is 15.3 Å². The molecule has 120 valence electrons. The number of aliphatic hydroxyl groups excluding tert-OH is 1. The number of rotatable bonds is 4. The van der Waals surface area contributed by atoms with E-state index in [1.165, 1.54) is 25.7 Å². The molecule has 6 atom stereocenters. The van der Waals surface area contributed by atoms with Gasteiger partial charge in [0.2, 0.25) is 0 Å². The smallest absolute Gasteiger partial charge is 0.317 e. The van der Waals surface area contributed by atoms with Crippen LogP contribution in [0.5, 0.6) is 0 Å². The summed E-state index contributed by atoms with van der Waals surface area (Å²) in [7, 11) is 1.86. The van der Waals surface area contributed by atoms with E-state index in [9.17, 15) is 9.90 Å². The van der Waals surface area contributed by atoms with Crippen molar-refractivity contribution in [1.82, 2.24) is 10.2 Å². The third-order valence-corrected chi connectivity index (χ3v) is 6.26. The highest BCUT2D eigenvalue weighted by Crippen LogP contribution is 2.49. The maximum absolute atomic E-state index is 12.3. The fourth-order valence-electron chi connectivity index (χ4n) is 4.98. The van der Waals surface area contributed by atoms with E-state index in [1.807, 2.05) is 7.05 Å². The highest BCUT2D eigenvalue weighted by Gasteiger charge is 2.42. The van der Waals surface area contributed by atoms with Crippen molar-refractivity contribution >= 4 is 6.03 Å². The Morgan fingerprint density at radius 3 is 2.67 bits per heavy atom. The summed E-state index contributed by atoms with van der Waals surface area (Å²) in [5.74, 6) is 2.70. The molecule has 0 aromatic carbocycles. The lowest BCUT2D eigenvalue weighted by Gasteiger charge is -2.31. The first-order valence-corrected chi connectivity index (χ1v) is 8.74. The van der Waals surface area contributed by atoms with Crippen molar-refractivity contribution < 1.29 is 9.90 Å². The lowest BCUT2D eigenvalue weighted by molar-refractivity contribution is 0.112. The molecule has 0 aliphatic heterocycles. The summed E-state index contributed by atoms with van der Waals surface area (Å²) in [4.78, 5) is 14.1. The molecular weight excluding hydrogens is 264 g/mol. The quantitative estimate of drug-likeness (QED) is 0.837. The number of hydrogen-bond acceptors (Lipinski definition) is 2. The molecule has 2 N–H and O–H groups in total. The maximum atomic E-state index is 12.3. The third kappa shape index (κ3) is 3.20. The van der Waals surface area contributed by atoms with Crippen molar-refractivity contribution in [2.45, 2.75) is 64.0 Å². The van der Waals surface area contributed by atoms with Crippen molar-refractivity contribution in [1.29, 1.82) is 0 Å². The first kappa shape index (κ1) is 15.1. The molecule has 3 aliphatic carbocycles. The lowest BCUT2D eigenvalue weighted by atomic mass is 9.84. The van der Waals surface area contributed by atoms with Crippen LogP contribution in [0.2, 0.25) is 0 Å². The van der Waals surface area contributed by atoms with Gasteiger partial charge in [-0.15, -0.1) is 0 Å². The molecule has 0 heterocycles. The zero-order chi connectivity index (χ0) is 15.0. The Bertz CT molecular complexity index is 387. The van der Waals surface area contributed by atoms with Crippen LogP contribution in [0.1, 0.15) is 51.9 Å². The molecule has 4 nitrogen and oxygen atoms in total. The van der Waals surface area contributed by atoms with Crippen LogP contribution < -0.4 is 5.32 Å². The second-order valence-corrected chi connectivity index (χ2v) is 7.72. The molecule has 0 saturated heterocycles. The van der Waals surface area contributed by atoms with Gasteiger partial charge in [-0.1, -0.05) is 12.8 Å². The van der Waals surface area contributed by atoms with Crippen LogP contribution in [-0.2, 0) is 0 Å². The summed E-state index contributed by atoms with van der Waals surface area (Å²) >= 11 is 0. The predicted molar refractivity (Wildman–Crippen MR) is 82.9 cm³/mol. The Morgan fingerprint density at radius 2 is 2.10 bits per heavy atom. The molecule has 0 radical (unpaired) electrons. The van der Waals surface area contributed by atoms with Crippen LogP contribution in [0.3, 0.4) is 0 Å². The summed E-state index contributed by atoms with van der Waals surface area (Å²) in [6.07, 6.45) is 8.25. The summed E-state index contributed by atoms with van der Waals surface area (Å²) in [6.45, 7) is 2.85. The third-order valence-electron chi connectivity index (χ3n) is 6.26. The molecular formula is C17H30N2O2. The molecule has 3 saturated carbocycles. The number of hydrogen-bond donors (Lipinski definition) is 2. The molecule has 0 aromatic heterocycles. The Balaban J connectivity index is 1.46. The number of carbonyl (C=O) groups is 1. The van der Waals surface area contributed by atoms with E-state index in [2.05, 4.69) is 12.2 Å². The Kier molecular flexibility index (Phi) is 4.43. The fraction of sp³-hybridized carbons (Fsp3) is 0.941. The summed E-state index contributed by atoms with van der Waals surface area (Å²) < 4.78 is 0. The second kappa shape index (κ2) is 6.15. The first-order valence-electron chi connectivity index (χ1n) is 8.74. The SMILES string of the molecule is CC(NC(=O)N(C)CC1CCCC1O)C1CC2CCC1C2. The molecule has 0 aromatic rings. The highest BCUT2D eigenvalue weighted by molar-refractivity contribution is 5.74. The maximum Gasteiger partial charge on any atom is 0.317 e. The van der Waals surface area contributed by atoms with Gasteiger partial charge in [0.05, 0.1) is 6.10 Å². The highest BCUT2D eigenvalue weighted by atomic mass is 16.3. The molecule has 2 amide bonds. The molecule has 3 rings (SSSR count). The number of nitrogens with zero attached hydrogens (tertiary/aromatic N) is 1. The second-order valence-electron chi connectivity index (χ2n) is 7.72. The fourth-order valence-corrected chi connectivity index (χ4v) is 4.98. The largest absolute Gasteiger partial charge is 0.393 e. The van der Waals surface area contributed by atoms with Gasteiger partial charge in [0, 0.05) is 25.6 Å². The first-order chi connectivity index (χ1) is 10.0. The number of nitrogens with one attached hydrogen (secondary N) is 1. The van der Waals surface area contributed by atoms with Crippen molar-refractivity contribution in [3.05, 3.63) is 0 Å². The van der Waals surface area contributed by atoms with Crippen molar-refractivity contribution in [3.8, 4) is 0 Å². The standard InChI is InChI=1S/C17H30N2O2/c1-11(15-9-12-6-7-13(15)8-12)18-17(21)19(2)10-14-4-3-5-16(14)20/h11-16,20H,3-10H2,1-2H3,(H,18,21). The van der Waals surface area contributed by atoms with Crippen LogP contribution in [0.25, 0.3) is 0 Å². The lowest BCUT2D eigenvalue weighted by Crippen LogP contribution is -2.47. The molecule has 0 spiro atoms. The van der Waals surface area contributed by atoms with Crippen molar-refractivity contribution in [2.75, 3.05) is 13.6 Å². The van der Waals surface area contributed by atoms with E-state index < -0.39 is 0 Å². The van der Waals surface area contributed by atoms with Gasteiger partial charge in [0.25, 0.3) is 0 Å². The van der Waals surface area contributed by atoms with Gasteiger partial charge in [-0.05, 0) is 56.8 Å². The number of aliphatic hydroxyl groups is 1. The van der Waals surface area contributed by atoms with E-state index in [4.69, 9.17) is 0 Å². The van der Waals surface area contributed by atoms with Gasteiger partial charge >= 0.3 is 6.03 Å². The predicted octanol–water partition coefficient (Wildman–Crippen LogP) is 2.61. The summed E-state index contributed by atoms with van der Waals surface area (Å²) in [5, 5.41) is 13.1. The molecule has 3 fully saturated rings. The zero-order valence-corrected chi connectivity index (χ0v) is 13.4. The number of amides is 2. The van der Waals surface area contributed by atoms with E-state index >= 15 is 0 Å². The average molecular weight is 294 g/mol. The minimum atomic E-state index is -0.219. The van der Waals surface area contributed by atoms with Gasteiger partial charge in [-0.25, -0.2) is 4.79 Å². The Labute approximate surface area is 128 Å². The monoisotopic (exact) mass is 294 g/mol. The summed E-state index contributed by atoms with van der Waals surface area (Å²) in [5.41, 5.74) is 0. The number of urea groups is 1. The van der Waals surface area contributed by atoms with E-state index in [-0.39, 0.29) is 24.1 Å². The zero-order valence-electron chi connectivity index (χ0n) is 13.4. The molecule has 2 bridgehead atoms. The topological polar surface area (TPSA) is 52.6 Å². The van der Waals surface area contributed by atoms with Gasteiger partial charge in [0.15, 0.2) is 0 Å². The van der Waals surface area contributed by atoms with E-state index in [0.717, 1.165) is 31.1 Å². The normalized spacial score (nSPS) is 39.5. The van der Waals surface area contributed by atoms with Crippen molar-refractivity contribution in [2.24, 2.45) is 23.7 Å². The number of fused-ring (bicyclic) bond motifs is 2. The van der Waals surface area contributed by atoms with Gasteiger partial charge in [-0.2, -0.15) is 0 Å². The Hall–Kier alpha value is -0.770. The van der Waals surface area contributed by atoms with Crippen LogP contribution in [0.4, 0.5) is 4.79 Å². The molecule has 3 aliphatic rings. The van der Waals surface area contributed by atoms with Crippen molar-refractivity contribution in [3.63, 3.8) is 0 Å². The minimum Gasteiger partial charge on any atom is -0.393 e. The van der Waals surface area contributed by atoms with Crippen LogP contribution in [-0.4, -0.2) is 41.8 Å². The molecule has 6 unspecified atom stereocenters. The molecule has 21 heavy (non-hydrogen) atoms. The van der Waals surface area contributed by atoms with Crippen LogP contribution in [0, 0.1) is 23.7 Å². The van der Waals surface area contributed by atoms with Gasteiger partial charge in [0.1, 0.15) is 0 Å². The molecule has 4 heteroatoms. The average Bonchev–Trinajstić information content (AvgIpc) is 3.16.